The van der Waals surface area contributed by atoms with Gasteiger partial charge in [-0.05, 0) is 50.1 Å². The number of piperazine rings is 1. The first-order chi connectivity index (χ1) is 16.9. The number of halogens is 2. The number of hydrogen-bond donors (Lipinski definition) is 1. The number of nitrogens with zero attached hydrogens (tertiary/aromatic N) is 5. The van der Waals surface area contributed by atoms with Crippen molar-refractivity contribution in [3.63, 3.8) is 0 Å². The number of aryl methyl sites for hydroxylation is 2. The van der Waals surface area contributed by atoms with Crippen LogP contribution in [0.1, 0.15) is 25.1 Å². The van der Waals surface area contributed by atoms with Gasteiger partial charge in [0.15, 0.2) is 5.65 Å². The second-order valence-electron chi connectivity index (χ2n) is 8.75. The Morgan fingerprint density at radius 1 is 1.23 bits per heavy atom. The molecule has 7 nitrogen and oxygen atoms in total. The van der Waals surface area contributed by atoms with Crippen molar-refractivity contribution in [2.24, 2.45) is 0 Å². The third-order valence-corrected chi connectivity index (χ3v) is 6.75. The van der Waals surface area contributed by atoms with Crippen molar-refractivity contribution >= 4 is 28.5 Å². The van der Waals surface area contributed by atoms with Crippen molar-refractivity contribution in [1.82, 2.24) is 24.8 Å². The van der Waals surface area contributed by atoms with Crippen molar-refractivity contribution in [1.29, 1.82) is 0 Å². The highest BCUT2D eigenvalue weighted by molar-refractivity contribution is 6.33. The van der Waals surface area contributed by atoms with Crippen LogP contribution in [0.25, 0.3) is 28.0 Å². The summed E-state index contributed by atoms with van der Waals surface area (Å²) in [4.78, 5) is 29.6. The van der Waals surface area contributed by atoms with Gasteiger partial charge in [0.1, 0.15) is 11.6 Å². The molecule has 0 spiro atoms. The predicted octanol–water partition coefficient (Wildman–Crippen LogP) is 4.30. The van der Waals surface area contributed by atoms with Crippen LogP contribution >= 0.6 is 11.6 Å². The highest BCUT2D eigenvalue weighted by Gasteiger charge is 2.26. The van der Waals surface area contributed by atoms with E-state index in [0.717, 1.165) is 24.3 Å². The van der Waals surface area contributed by atoms with Crippen LogP contribution in [0.5, 0.6) is 0 Å². The van der Waals surface area contributed by atoms with Crippen molar-refractivity contribution in [2.75, 3.05) is 24.5 Å². The molecule has 1 fully saturated rings. The molecule has 9 heteroatoms. The van der Waals surface area contributed by atoms with E-state index in [2.05, 4.69) is 27.1 Å². The van der Waals surface area contributed by atoms with Crippen LogP contribution in [-0.4, -0.2) is 45.2 Å². The summed E-state index contributed by atoms with van der Waals surface area (Å²) in [5.74, 6) is 0.0938. The lowest BCUT2D eigenvalue weighted by Crippen LogP contribution is -2.50. The van der Waals surface area contributed by atoms with Gasteiger partial charge in [-0.2, -0.15) is 4.98 Å². The van der Waals surface area contributed by atoms with Crippen molar-refractivity contribution < 1.29 is 4.39 Å². The summed E-state index contributed by atoms with van der Waals surface area (Å²) >= 11 is 6.70. The van der Waals surface area contributed by atoms with Gasteiger partial charge in [0, 0.05) is 37.4 Å². The lowest BCUT2D eigenvalue weighted by Gasteiger charge is -2.35. The van der Waals surface area contributed by atoms with Crippen LogP contribution in [0, 0.1) is 12.7 Å². The summed E-state index contributed by atoms with van der Waals surface area (Å²) in [5.41, 5.74) is 2.72. The van der Waals surface area contributed by atoms with Gasteiger partial charge in [-0.25, -0.2) is 18.7 Å². The molecule has 0 unspecified atom stereocenters. The minimum atomic E-state index is -0.460. The lowest BCUT2D eigenvalue weighted by molar-refractivity contribution is 0.497. The first kappa shape index (κ1) is 23.4. The van der Waals surface area contributed by atoms with E-state index in [1.54, 1.807) is 30.5 Å². The fourth-order valence-electron chi connectivity index (χ4n) is 4.69. The molecular weight excluding hydrogens is 467 g/mol. The van der Waals surface area contributed by atoms with Gasteiger partial charge in [0.2, 0.25) is 0 Å². The monoisotopic (exact) mass is 492 g/mol. The largest absolute Gasteiger partial charge is 0.355 e. The van der Waals surface area contributed by atoms with Gasteiger partial charge in [-0.1, -0.05) is 30.7 Å². The third kappa shape index (κ3) is 4.06. The quantitative estimate of drug-likeness (QED) is 0.457. The van der Waals surface area contributed by atoms with E-state index >= 15 is 0 Å². The van der Waals surface area contributed by atoms with Crippen molar-refractivity contribution in [3.8, 4) is 16.9 Å². The van der Waals surface area contributed by atoms with Crippen LogP contribution in [0.3, 0.4) is 0 Å². The molecule has 1 aliphatic rings. The number of fused-ring (bicyclic) bond motifs is 1. The van der Waals surface area contributed by atoms with E-state index in [0.29, 0.717) is 35.5 Å². The second-order valence-corrected chi connectivity index (χ2v) is 9.15. The van der Waals surface area contributed by atoms with Gasteiger partial charge < -0.3 is 10.2 Å². The molecule has 35 heavy (non-hydrogen) atoms. The first-order valence-corrected chi connectivity index (χ1v) is 12.1. The summed E-state index contributed by atoms with van der Waals surface area (Å²) in [6.07, 6.45) is 2.35. The summed E-state index contributed by atoms with van der Waals surface area (Å²) in [7, 11) is 0. The molecule has 1 saturated heterocycles. The van der Waals surface area contributed by atoms with Crippen molar-refractivity contribution in [2.45, 2.75) is 33.2 Å². The molecule has 0 radical (unpaired) electrons. The van der Waals surface area contributed by atoms with E-state index in [1.807, 2.05) is 19.9 Å². The van der Waals surface area contributed by atoms with Crippen LogP contribution in [0.2, 0.25) is 5.02 Å². The minimum absolute atomic E-state index is 0.117. The average molecular weight is 493 g/mol. The summed E-state index contributed by atoms with van der Waals surface area (Å²) in [6, 6.07) is 10.1. The van der Waals surface area contributed by atoms with Crippen LogP contribution in [-0.2, 0) is 6.42 Å². The molecule has 0 saturated carbocycles. The van der Waals surface area contributed by atoms with Crippen LogP contribution in [0.4, 0.5) is 10.2 Å². The molecule has 4 aromatic rings. The van der Waals surface area contributed by atoms with E-state index in [4.69, 9.17) is 16.6 Å². The number of aromatic nitrogens is 4. The molecule has 4 heterocycles. The zero-order valence-electron chi connectivity index (χ0n) is 19.8. The van der Waals surface area contributed by atoms with E-state index in [9.17, 15) is 9.18 Å². The van der Waals surface area contributed by atoms with Gasteiger partial charge in [-0.3, -0.25) is 4.98 Å². The Morgan fingerprint density at radius 2 is 2.03 bits per heavy atom. The molecule has 3 aromatic heterocycles. The van der Waals surface area contributed by atoms with E-state index in [1.165, 1.54) is 10.6 Å². The predicted molar refractivity (Wildman–Crippen MR) is 137 cm³/mol. The standard InChI is InChI=1S/C26H26ClFN6O/c1-4-21-23(15(2)9-10-30-21)34-25-18(24(32-26(34)35)33-12-11-29-14-16(33)3)13-19(27)22(31-25)17-7-5-6-8-20(17)28/h5-10,13,16,29H,4,11-12,14H2,1-3H3/t16-/m0/s1. The fraction of sp³-hybridized carbons (Fsp3) is 0.308. The summed E-state index contributed by atoms with van der Waals surface area (Å²) in [6.45, 7) is 8.21. The molecule has 5 rings (SSSR count). The average Bonchev–Trinajstić information content (AvgIpc) is 2.85. The van der Waals surface area contributed by atoms with Gasteiger partial charge in [0.25, 0.3) is 0 Å². The molecular formula is C26H26ClFN6O. The molecule has 0 aliphatic carbocycles. The number of nitrogens with one attached hydrogen (secondary N) is 1. The highest BCUT2D eigenvalue weighted by Crippen LogP contribution is 2.35. The first-order valence-electron chi connectivity index (χ1n) is 11.7. The van der Waals surface area contributed by atoms with E-state index in [-0.39, 0.29) is 22.3 Å². The Bertz CT molecular complexity index is 1490. The Labute approximate surface area is 207 Å². The maximum Gasteiger partial charge on any atom is 0.355 e. The van der Waals surface area contributed by atoms with Gasteiger partial charge >= 0.3 is 5.69 Å². The molecule has 1 aliphatic heterocycles. The minimum Gasteiger partial charge on any atom is -0.351 e. The Kier molecular flexibility index (Phi) is 6.25. The normalized spacial score (nSPS) is 16.1. The Morgan fingerprint density at radius 3 is 2.77 bits per heavy atom. The molecule has 1 aromatic carbocycles. The lowest BCUT2D eigenvalue weighted by atomic mass is 10.1. The molecule has 1 atom stereocenters. The van der Waals surface area contributed by atoms with E-state index < -0.39 is 11.5 Å². The number of pyridine rings is 2. The number of benzene rings is 1. The zero-order chi connectivity index (χ0) is 24.7. The van der Waals surface area contributed by atoms with Gasteiger partial charge in [-0.15, -0.1) is 0 Å². The van der Waals surface area contributed by atoms with Gasteiger partial charge in [0.05, 0.1) is 27.5 Å². The smallest absolute Gasteiger partial charge is 0.351 e. The zero-order valence-corrected chi connectivity index (χ0v) is 20.6. The number of hydrogen-bond acceptors (Lipinski definition) is 6. The SMILES string of the molecule is CCc1nccc(C)c1-n1c(=O)nc(N2CCNC[C@@H]2C)c2cc(Cl)c(-c3ccccc3F)nc21. The number of rotatable bonds is 4. The molecule has 0 amide bonds. The maximum atomic E-state index is 14.8. The van der Waals surface area contributed by atoms with Crippen LogP contribution < -0.4 is 15.9 Å². The Hall–Kier alpha value is -3.36. The van der Waals surface area contributed by atoms with Crippen LogP contribution in [0.15, 0.2) is 47.4 Å². The maximum absolute atomic E-state index is 14.8. The summed E-state index contributed by atoms with van der Waals surface area (Å²) < 4.78 is 16.3. The fourth-order valence-corrected chi connectivity index (χ4v) is 4.95. The molecule has 0 bridgehead atoms. The Balaban J connectivity index is 1.90. The molecule has 1 N–H and O–H groups in total. The topological polar surface area (TPSA) is 75.9 Å². The molecule has 180 valence electrons. The van der Waals surface area contributed by atoms with Crippen molar-refractivity contribution in [3.05, 3.63) is 75.2 Å². The highest BCUT2D eigenvalue weighted by atomic mass is 35.5. The third-order valence-electron chi connectivity index (χ3n) is 6.46. The second kappa shape index (κ2) is 9.36. The summed E-state index contributed by atoms with van der Waals surface area (Å²) in [5, 5.41) is 4.28. The number of anilines is 1.